The summed E-state index contributed by atoms with van der Waals surface area (Å²) < 4.78 is 45.6. The molecule has 8 heteroatoms. The normalized spacial score (nSPS) is 15.4. The topological polar surface area (TPSA) is 50.8 Å². The van der Waals surface area contributed by atoms with Crippen molar-refractivity contribution in [1.82, 2.24) is 4.90 Å². The van der Waals surface area contributed by atoms with E-state index in [1.54, 1.807) is 12.1 Å². The smallest absolute Gasteiger partial charge is 0.406 e. The van der Waals surface area contributed by atoms with Crippen molar-refractivity contribution in [2.75, 3.05) is 31.6 Å². The van der Waals surface area contributed by atoms with E-state index in [9.17, 15) is 18.0 Å². The molecule has 0 saturated carbocycles. The standard InChI is InChI=1S/C19H19F3N2O3/c20-19(21,22)27-17-7-5-16(6-8-17)23-18(25)15-3-1-14(2-4-15)13-24-9-11-26-12-10-24/h1-8H,9-13H2,(H,23,25). The van der Waals surface area contributed by atoms with Crippen LogP contribution in [0.3, 0.4) is 0 Å². The molecule has 0 spiro atoms. The second kappa shape index (κ2) is 8.41. The summed E-state index contributed by atoms with van der Waals surface area (Å²) in [6, 6.07) is 12.2. The second-order valence-corrected chi connectivity index (χ2v) is 6.11. The van der Waals surface area contributed by atoms with Crippen LogP contribution in [0.5, 0.6) is 5.75 Å². The Hall–Kier alpha value is -2.58. The molecular formula is C19H19F3N2O3. The highest BCUT2D eigenvalue weighted by molar-refractivity contribution is 6.04. The first-order chi connectivity index (χ1) is 12.9. The number of carbonyl (C=O) groups is 1. The fourth-order valence-corrected chi connectivity index (χ4v) is 2.72. The van der Waals surface area contributed by atoms with Crippen molar-refractivity contribution in [1.29, 1.82) is 0 Å². The Labute approximate surface area is 154 Å². The molecule has 1 aliphatic heterocycles. The molecule has 2 aromatic carbocycles. The molecule has 0 bridgehead atoms. The summed E-state index contributed by atoms with van der Waals surface area (Å²) in [6.45, 7) is 4.03. The maximum atomic E-state index is 12.3. The molecule has 0 atom stereocenters. The van der Waals surface area contributed by atoms with E-state index in [1.165, 1.54) is 12.1 Å². The lowest BCUT2D eigenvalue weighted by atomic mass is 10.1. The number of anilines is 1. The van der Waals surface area contributed by atoms with Gasteiger partial charge in [0.2, 0.25) is 0 Å². The summed E-state index contributed by atoms with van der Waals surface area (Å²) in [5, 5.41) is 2.65. The molecule has 1 saturated heterocycles. The first kappa shape index (κ1) is 19.2. The molecule has 0 aliphatic carbocycles. The Balaban J connectivity index is 1.56. The van der Waals surface area contributed by atoms with Crippen LogP contribution >= 0.6 is 0 Å². The number of hydrogen-bond acceptors (Lipinski definition) is 4. The molecule has 0 aromatic heterocycles. The fraction of sp³-hybridized carbons (Fsp3) is 0.316. The highest BCUT2D eigenvalue weighted by Crippen LogP contribution is 2.24. The number of morpholine rings is 1. The van der Waals surface area contributed by atoms with Crippen LogP contribution in [0.15, 0.2) is 48.5 Å². The molecule has 0 radical (unpaired) electrons. The number of benzene rings is 2. The lowest BCUT2D eigenvalue weighted by Crippen LogP contribution is -2.35. The number of halogens is 3. The average molecular weight is 380 g/mol. The van der Waals surface area contributed by atoms with Crippen molar-refractivity contribution in [2.24, 2.45) is 0 Å². The van der Waals surface area contributed by atoms with Gasteiger partial charge in [-0.2, -0.15) is 0 Å². The van der Waals surface area contributed by atoms with Gasteiger partial charge in [-0.15, -0.1) is 13.2 Å². The Morgan fingerprint density at radius 3 is 2.26 bits per heavy atom. The van der Waals surface area contributed by atoms with E-state index in [1.807, 2.05) is 12.1 Å². The van der Waals surface area contributed by atoms with Crippen LogP contribution in [0.1, 0.15) is 15.9 Å². The quantitative estimate of drug-likeness (QED) is 0.860. The van der Waals surface area contributed by atoms with Gasteiger partial charge in [-0.05, 0) is 42.0 Å². The summed E-state index contributed by atoms with van der Waals surface area (Å²) in [7, 11) is 0. The molecule has 2 aromatic rings. The van der Waals surface area contributed by atoms with E-state index >= 15 is 0 Å². The van der Waals surface area contributed by atoms with E-state index in [4.69, 9.17) is 4.74 Å². The zero-order chi connectivity index (χ0) is 19.3. The van der Waals surface area contributed by atoms with E-state index in [-0.39, 0.29) is 11.7 Å². The van der Waals surface area contributed by atoms with Gasteiger partial charge in [0.05, 0.1) is 13.2 Å². The van der Waals surface area contributed by atoms with Crippen molar-refractivity contribution in [2.45, 2.75) is 12.9 Å². The summed E-state index contributed by atoms with van der Waals surface area (Å²) in [5.41, 5.74) is 1.95. The maximum Gasteiger partial charge on any atom is 0.573 e. The lowest BCUT2D eigenvalue weighted by Gasteiger charge is -2.26. The third-order valence-corrected chi connectivity index (χ3v) is 4.07. The number of carbonyl (C=O) groups excluding carboxylic acids is 1. The van der Waals surface area contributed by atoms with Gasteiger partial charge in [0, 0.05) is 30.9 Å². The third kappa shape index (κ3) is 5.97. The maximum absolute atomic E-state index is 12.3. The molecule has 1 aliphatic rings. The zero-order valence-electron chi connectivity index (χ0n) is 14.5. The summed E-state index contributed by atoms with van der Waals surface area (Å²) in [5.74, 6) is -0.676. The lowest BCUT2D eigenvalue weighted by molar-refractivity contribution is -0.274. The number of nitrogens with zero attached hydrogens (tertiary/aromatic N) is 1. The van der Waals surface area contributed by atoms with E-state index in [0.717, 1.165) is 50.5 Å². The Kier molecular flexibility index (Phi) is 5.98. The minimum atomic E-state index is -4.74. The molecule has 1 fully saturated rings. The summed E-state index contributed by atoms with van der Waals surface area (Å²) in [4.78, 5) is 14.6. The highest BCUT2D eigenvalue weighted by Gasteiger charge is 2.30. The van der Waals surface area contributed by atoms with Crippen LogP contribution in [0.4, 0.5) is 18.9 Å². The van der Waals surface area contributed by atoms with E-state index in [0.29, 0.717) is 11.3 Å². The minimum absolute atomic E-state index is 0.336. The van der Waals surface area contributed by atoms with Crippen molar-refractivity contribution in [3.05, 3.63) is 59.7 Å². The van der Waals surface area contributed by atoms with Gasteiger partial charge in [0.25, 0.3) is 5.91 Å². The number of rotatable bonds is 5. The average Bonchev–Trinajstić information content (AvgIpc) is 2.63. The van der Waals surface area contributed by atoms with Gasteiger partial charge >= 0.3 is 6.36 Å². The van der Waals surface area contributed by atoms with Crippen molar-refractivity contribution in [3.8, 4) is 5.75 Å². The minimum Gasteiger partial charge on any atom is -0.406 e. The monoisotopic (exact) mass is 380 g/mol. The van der Waals surface area contributed by atoms with Gasteiger partial charge in [0.15, 0.2) is 0 Å². The van der Waals surface area contributed by atoms with E-state index < -0.39 is 6.36 Å². The van der Waals surface area contributed by atoms with E-state index in [2.05, 4.69) is 15.0 Å². The molecule has 0 unspecified atom stereocenters. The largest absolute Gasteiger partial charge is 0.573 e. The third-order valence-electron chi connectivity index (χ3n) is 4.07. The number of nitrogens with one attached hydrogen (secondary N) is 1. The zero-order valence-corrected chi connectivity index (χ0v) is 14.5. The van der Waals surface area contributed by atoms with Gasteiger partial charge in [0.1, 0.15) is 5.75 Å². The predicted molar refractivity (Wildman–Crippen MR) is 93.6 cm³/mol. The Morgan fingerprint density at radius 2 is 1.67 bits per heavy atom. The van der Waals surface area contributed by atoms with Crippen LogP contribution in [0, 0.1) is 0 Å². The number of alkyl halides is 3. The fourth-order valence-electron chi connectivity index (χ4n) is 2.72. The molecule has 1 heterocycles. The molecule has 1 amide bonds. The summed E-state index contributed by atoms with van der Waals surface area (Å²) in [6.07, 6.45) is -4.74. The van der Waals surface area contributed by atoms with Crippen molar-refractivity contribution >= 4 is 11.6 Å². The van der Waals surface area contributed by atoms with Crippen LogP contribution < -0.4 is 10.1 Å². The van der Waals surface area contributed by atoms with Gasteiger partial charge in [-0.1, -0.05) is 12.1 Å². The van der Waals surface area contributed by atoms with Crippen LogP contribution in [0.2, 0.25) is 0 Å². The number of amides is 1. The number of ether oxygens (including phenoxy) is 2. The molecule has 144 valence electrons. The second-order valence-electron chi connectivity index (χ2n) is 6.11. The van der Waals surface area contributed by atoms with Gasteiger partial charge < -0.3 is 14.8 Å². The number of hydrogen-bond donors (Lipinski definition) is 1. The summed E-state index contributed by atoms with van der Waals surface area (Å²) >= 11 is 0. The van der Waals surface area contributed by atoms with Crippen LogP contribution in [-0.2, 0) is 11.3 Å². The molecular weight excluding hydrogens is 361 g/mol. The first-order valence-electron chi connectivity index (χ1n) is 8.45. The van der Waals surface area contributed by atoms with Crippen molar-refractivity contribution < 1.29 is 27.4 Å². The van der Waals surface area contributed by atoms with Crippen LogP contribution in [0.25, 0.3) is 0 Å². The molecule has 27 heavy (non-hydrogen) atoms. The van der Waals surface area contributed by atoms with Crippen molar-refractivity contribution in [3.63, 3.8) is 0 Å². The van der Waals surface area contributed by atoms with Gasteiger partial charge in [-0.25, -0.2) is 0 Å². The SMILES string of the molecule is O=C(Nc1ccc(OC(F)(F)F)cc1)c1ccc(CN2CCOCC2)cc1. The molecule has 1 N–H and O–H groups in total. The predicted octanol–water partition coefficient (Wildman–Crippen LogP) is 3.67. The Morgan fingerprint density at radius 1 is 1.04 bits per heavy atom. The van der Waals surface area contributed by atoms with Gasteiger partial charge in [-0.3, -0.25) is 9.69 Å². The highest BCUT2D eigenvalue weighted by atomic mass is 19.4. The molecule has 5 nitrogen and oxygen atoms in total. The van der Waals surface area contributed by atoms with Crippen LogP contribution in [-0.4, -0.2) is 43.5 Å². The first-order valence-corrected chi connectivity index (χ1v) is 8.45. The molecule has 3 rings (SSSR count). The Bertz CT molecular complexity index is 755.